The maximum atomic E-state index is 12.8. The summed E-state index contributed by atoms with van der Waals surface area (Å²) in [5.74, 6) is -0.404. The average Bonchev–Trinajstić information content (AvgIpc) is 2.83. The molecule has 0 heterocycles. The van der Waals surface area contributed by atoms with E-state index in [0.29, 0.717) is 26.9 Å². The first-order valence-electron chi connectivity index (χ1n) is 10.8. The van der Waals surface area contributed by atoms with Gasteiger partial charge in [0, 0.05) is 31.2 Å². The van der Waals surface area contributed by atoms with E-state index in [-0.39, 0.29) is 18.4 Å². The number of carbonyl (C=O) groups excluding carboxylic acids is 2. The molecular weight excluding hydrogens is 553 g/mol. The summed E-state index contributed by atoms with van der Waals surface area (Å²) >= 11 is 15.5. The third-order valence-electron chi connectivity index (χ3n) is 5.03. The van der Waals surface area contributed by atoms with Gasteiger partial charge in [0.05, 0.1) is 6.21 Å². The molecule has 3 aromatic rings. The quantitative estimate of drug-likeness (QED) is 0.234. The number of rotatable bonds is 9. The first kappa shape index (κ1) is 26.7. The number of carbonyl (C=O) groups is 2. The summed E-state index contributed by atoms with van der Waals surface area (Å²) in [6.45, 7) is 3.96. The van der Waals surface area contributed by atoms with Gasteiger partial charge in [-0.15, -0.1) is 0 Å². The Bertz CT molecular complexity index is 1220. The molecular formula is C26H24BrCl2N3O3. The van der Waals surface area contributed by atoms with E-state index in [1.54, 1.807) is 36.4 Å². The maximum absolute atomic E-state index is 12.8. The SMILES string of the molecule is CC(C)C(NC(=O)c1ccc(Cl)cc1)C(=O)N/N=C/c1cc(Br)ccc1OCc1ccccc1Cl. The van der Waals surface area contributed by atoms with Crippen LogP contribution in [0.2, 0.25) is 10.0 Å². The van der Waals surface area contributed by atoms with Gasteiger partial charge in [0.25, 0.3) is 11.8 Å². The van der Waals surface area contributed by atoms with Crippen LogP contribution in [0.15, 0.2) is 76.3 Å². The van der Waals surface area contributed by atoms with Crippen LogP contribution in [0.4, 0.5) is 0 Å². The van der Waals surface area contributed by atoms with E-state index < -0.39 is 11.9 Å². The molecule has 182 valence electrons. The van der Waals surface area contributed by atoms with Gasteiger partial charge in [0.1, 0.15) is 18.4 Å². The Hall–Kier alpha value is -2.87. The summed E-state index contributed by atoms with van der Waals surface area (Å²) < 4.78 is 6.76. The zero-order chi connectivity index (χ0) is 25.4. The monoisotopic (exact) mass is 575 g/mol. The molecule has 0 aliphatic heterocycles. The normalized spacial score (nSPS) is 11.9. The van der Waals surface area contributed by atoms with Gasteiger partial charge in [-0.2, -0.15) is 5.10 Å². The highest BCUT2D eigenvalue weighted by molar-refractivity contribution is 9.10. The molecule has 0 aliphatic carbocycles. The van der Waals surface area contributed by atoms with Crippen LogP contribution >= 0.6 is 39.1 Å². The molecule has 1 atom stereocenters. The highest BCUT2D eigenvalue weighted by Gasteiger charge is 2.24. The van der Waals surface area contributed by atoms with Gasteiger partial charge in [-0.3, -0.25) is 9.59 Å². The Morgan fingerprint density at radius 1 is 1.06 bits per heavy atom. The number of ether oxygens (including phenoxy) is 1. The van der Waals surface area contributed by atoms with Crippen molar-refractivity contribution in [3.8, 4) is 5.75 Å². The molecule has 2 N–H and O–H groups in total. The fraction of sp³-hybridized carbons (Fsp3) is 0.192. The van der Waals surface area contributed by atoms with E-state index in [1.165, 1.54) is 6.21 Å². The van der Waals surface area contributed by atoms with E-state index >= 15 is 0 Å². The van der Waals surface area contributed by atoms with Crippen LogP contribution in [0.1, 0.15) is 35.3 Å². The number of nitrogens with zero attached hydrogens (tertiary/aromatic N) is 1. The Balaban J connectivity index is 1.67. The van der Waals surface area contributed by atoms with Gasteiger partial charge in [-0.05, 0) is 54.4 Å². The van der Waals surface area contributed by atoms with E-state index in [2.05, 4.69) is 31.8 Å². The van der Waals surface area contributed by atoms with Crippen LogP contribution in [-0.4, -0.2) is 24.1 Å². The summed E-state index contributed by atoms with van der Waals surface area (Å²) in [4.78, 5) is 25.3. The minimum Gasteiger partial charge on any atom is -0.488 e. The largest absolute Gasteiger partial charge is 0.488 e. The Morgan fingerprint density at radius 2 is 1.77 bits per heavy atom. The smallest absolute Gasteiger partial charge is 0.262 e. The molecule has 0 aliphatic rings. The lowest BCUT2D eigenvalue weighted by Gasteiger charge is -2.20. The zero-order valence-electron chi connectivity index (χ0n) is 19.1. The predicted molar refractivity (Wildman–Crippen MR) is 143 cm³/mol. The molecule has 0 bridgehead atoms. The molecule has 0 radical (unpaired) electrons. The van der Waals surface area contributed by atoms with Crippen LogP contribution < -0.4 is 15.5 Å². The lowest BCUT2D eigenvalue weighted by molar-refractivity contribution is -0.123. The van der Waals surface area contributed by atoms with Crippen molar-refractivity contribution in [2.75, 3.05) is 0 Å². The maximum Gasteiger partial charge on any atom is 0.262 e. The van der Waals surface area contributed by atoms with E-state index in [1.807, 2.05) is 44.2 Å². The van der Waals surface area contributed by atoms with Crippen molar-refractivity contribution in [3.63, 3.8) is 0 Å². The average molecular weight is 577 g/mol. The van der Waals surface area contributed by atoms with Crippen molar-refractivity contribution in [3.05, 3.63) is 97.9 Å². The minimum absolute atomic E-state index is 0.165. The highest BCUT2D eigenvalue weighted by Crippen LogP contribution is 2.24. The molecule has 0 saturated carbocycles. The molecule has 35 heavy (non-hydrogen) atoms. The molecule has 3 rings (SSSR count). The van der Waals surface area contributed by atoms with Crippen LogP contribution in [0.25, 0.3) is 0 Å². The summed E-state index contributed by atoms with van der Waals surface area (Å²) in [5, 5.41) is 7.99. The summed E-state index contributed by atoms with van der Waals surface area (Å²) in [7, 11) is 0. The molecule has 2 amide bonds. The number of amides is 2. The summed E-state index contributed by atoms with van der Waals surface area (Å²) in [5.41, 5.74) is 4.42. The van der Waals surface area contributed by atoms with Gasteiger partial charge in [0.15, 0.2) is 0 Å². The third kappa shape index (κ3) is 7.82. The molecule has 0 aromatic heterocycles. The lowest BCUT2D eigenvalue weighted by atomic mass is 10.0. The number of hydrogen-bond acceptors (Lipinski definition) is 4. The van der Waals surface area contributed by atoms with Crippen molar-refractivity contribution in [1.82, 2.24) is 10.7 Å². The standard InChI is InChI=1S/C26H24BrCl2N3O3/c1-16(2)24(31-25(33)17-7-10-21(28)11-8-17)26(34)32-30-14-19-13-20(27)9-12-23(19)35-15-18-5-3-4-6-22(18)29/h3-14,16,24H,15H2,1-2H3,(H,31,33)(H,32,34)/b30-14+. The summed E-state index contributed by atoms with van der Waals surface area (Å²) in [6, 6.07) is 18.6. The molecule has 0 fully saturated rings. The zero-order valence-corrected chi connectivity index (χ0v) is 22.2. The number of nitrogens with one attached hydrogen (secondary N) is 2. The van der Waals surface area contributed by atoms with Crippen molar-refractivity contribution in [2.24, 2.45) is 11.0 Å². The van der Waals surface area contributed by atoms with Gasteiger partial charge in [0.2, 0.25) is 0 Å². The fourth-order valence-electron chi connectivity index (χ4n) is 3.12. The van der Waals surface area contributed by atoms with Crippen LogP contribution in [-0.2, 0) is 11.4 Å². The van der Waals surface area contributed by atoms with Crippen LogP contribution in [0, 0.1) is 5.92 Å². The lowest BCUT2D eigenvalue weighted by Crippen LogP contribution is -2.48. The first-order valence-corrected chi connectivity index (χ1v) is 12.3. The Kier molecular flexibility index (Phi) is 9.72. The van der Waals surface area contributed by atoms with E-state index in [4.69, 9.17) is 27.9 Å². The topological polar surface area (TPSA) is 79.8 Å². The predicted octanol–water partition coefficient (Wildman–Crippen LogP) is 6.24. The van der Waals surface area contributed by atoms with Gasteiger partial charge in [-0.25, -0.2) is 5.43 Å². The van der Waals surface area contributed by atoms with Gasteiger partial charge >= 0.3 is 0 Å². The van der Waals surface area contributed by atoms with Crippen molar-refractivity contribution < 1.29 is 14.3 Å². The highest BCUT2D eigenvalue weighted by atomic mass is 79.9. The second-order valence-corrected chi connectivity index (χ2v) is 9.76. The molecule has 6 nitrogen and oxygen atoms in total. The minimum atomic E-state index is -0.784. The molecule has 9 heteroatoms. The second-order valence-electron chi connectivity index (χ2n) is 8.00. The van der Waals surface area contributed by atoms with Crippen molar-refractivity contribution in [2.45, 2.75) is 26.5 Å². The van der Waals surface area contributed by atoms with Gasteiger partial charge < -0.3 is 10.1 Å². The van der Waals surface area contributed by atoms with Crippen molar-refractivity contribution >= 4 is 57.2 Å². The number of hydrogen-bond donors (Lipinski definition) is 2. The summed E-state index contributed by atoms with van der Waals surface area (Å²) in [6.07, 6.45) is 1.49. The first-order chi connectivity index (χ1) is 16.7. The van der Waals surface area contributed by atoms with E-state index in [9.17, 15) is 9.59 Å². The van der Waals surface area contributed by atoms with E-state index in [0.717, 1.165) is 10.0 Å². The molecule has 0 saturated heterocycles. The Labute approximate surface area is 222 Å². The molecule has 0 spiro atoms. The van der Waals surface area contributed by atoms with Crippen molar-refractivity contribution in [1.29, 1.82) is 0 Å². The fourth-order valence-corrected chi connectivity index (χ4v) is 3.81. The second kappa shape index (κ2) is 12.7. The number of hydrazone groups is 1. The number of halogens is 3. The molecule has 1 unspecified atom stereocenters. The number of benzene rings is 3. The van der Waals surface area contributed by atoms with Crippen LogP contribution in [0.5, 0.6) is 5.75 Å². The van der Waals surface area contributed by atoms with Crippen LogP contribution in [0.3, 0.4) is 0 Å². The Morgan fingerprint density at radius 3 is 2.46 bits per heavy atom. The third-order valence-corrected chi connectivity index (χ3v) is 6.15. The van der Waals surface area contributed by atoms with Gasteiger partial charge in [-0.1, -0.05) is 71.2 Å². The molecule has 3 aromatic carbocycles.